The van der Waals surface area contributed by atoms with Crippen molar-refractivity contribution in [2.24, 2.45) is 0 Å². The SMILES string of the molecule is Cc1ccc(S(=O)(=O)NCc2ccccc2)cc1Cl. The number of sulfonamides is 1. The molecule has 3 nitrogen and oxygen atoms in total. The first-order valence-corrected chi connectivity index (χ1v) is 7.65. The first kappa shape index (κ1) is 14.1. The van der Waals surface area contributed by atoms with Gasteiger partial charge in [0.25, 0.3) is 0 Å². The number of halogens is 1. The normalized spacial score (nSPS) is 11.5. The van der Waals surface area contributed by atoms with Crippen LogP contribution in [-0.2, 0) is 16.6 Å². The fourth-order valence-corrected chi connectivity index (χ4v) is 2.89. The summed E-state index contributed by atoms with van der Waals surface area (Å²) in [5.74, 6) is 0. The Balaban J connectivity index is 2.16. The van der Waals surface area contributed by atoms with Crippen molar-refractivity contribution < 1.29 is 8.42 Å². The lowest BCUT2D eigenvalue weighted by Crippen LogP contribution is -2.23. The zero-order valence-electron chi connectivity index (χ0n) is 10.4. The summed E-state index contributed by atoms with van der Waals surface area (Å²) < 4.78 is 26.8. The first-order valence-electron chi connectivity index (χ1n) is 5.79. The van der Waals surface area contributed by atoms with E-state index in [-0.39, 0.29) is 11.4 Å². The van der Waals surface area contributed by atoms with Gasteiger partial charge in [0.05, 0.1) is 4.90 Å². The van der Waals surface area contributed by atoms with Crippen molar-refractivity contribution in [1.29, 1.82) is 0 Å². The first-order chi connectivity index (χ1) is 8.99. The van der Waals surface area contributed by atoms with Gasteiger partial charge in [-0.2, -0.15) is 0 Å². The van der Waals surface area contributed by atoms with Gasteiger partial charge in [0.2, 0.25) is 10.0 Å². The molecule has 0 saturated carbocycles. The second kappa shape index (κ2) is 5.74. The molecule has 2 aromatic carbocycles. The summed E-state index contributed by atoms with van der Waals surface area (Å²) >= 11 is 5.94. The van der Waals surface area contributed by atoms with Gasteiger partial charge >= 0.3 is 0 Å². The van der Waals surface area contributed by atoms with E-state index in [0.717, 1.165) is 11.1 Å². The van der Waals surface area contributed by atoms with Gasteiger partial charge in [0.1, 0.15) is 0 Å². The molecular formula is C14H14ClNO2S. The Bertz CT molecular complexity index is 669. The standard InChI is InChI=1S/C14H14ClNO2S/c1-11-7-8-13(9-14(11)15)19(17,18)16-10-12-5-3-2-4-6-12/h2-9,16H,10H2,1H3. The van der Waals surface area contributed by atoms with Crippen molar-refractivity contribution in [2.75, 3.05) is 0 Å². The van der Waals surface area contributed by atoms with E-state index in [1.54, 1.807) is 12.1 Å². The van der Waals surface area contributed by atoms with Gasteiger partial charge < -0.3 is 0 Å². The molecule has 2 aromatic rings. The minimum absolute atomic E-state index is 0.180. The second-order valence-corrected chi connectivity index (χ2v) is 6.40. The number of benzene rings is 2. The van der Waals surface area contributed by atoms with Crippen LogP contribution in [0.15, 0.2) is 53.4 Å². The molecule has 0 aliphatic heterocycles. The Hall–Kier alpha value is -1.36. The van der Waals surface area contributed by atoms with E-state index in [0.29, 0.717) is 5.02 Å². The maximum absolute atomic E-state index is 12.1. The highest BCUT2D eigenvalue weighted by atomic mass is 35.5. The quantitative estimate of drug-likeness (QED) is 0.942. The van der Waals surface area contributed by atoms with E-state index in [2.05, 4.69) is 4.72 Å². The van der Waals surface area contributed by atoms with Crippen LogP contribution >= 0.6 is 11.6 Å². The van der Waals surface area contributed by atoms with E-state index in [1.165, 1.54) is 6.07 Å². The molecule has 0 amide bonds. The molecule has 0 aliphatic rings. The lowest BCUT2D eigenvalue weighted by atomic mass is 10.2. The van der Waals surface area contributed by atoms with E-state index in [1.807, 2.05) is 37.3 Å². The molecule has 0 spiro atoms. The van der Waals surface area contributed by atoms with Crippen LogP contribution in [0.3, 0.4) is 0 Å². The summed E-state index contributed by atoms with van der Waals surface area (Å²) in [7, 11) is -3.53. The topological polar surface area (TPSA) is 46.2 Å². The summed E-state index contributed by atoms with van der Waals surface area (Å²) in [6.45, 7) is 2.09. The van der Waals surface area contributed by atoms with Crippen LogP contribution in [0.2, 0.25) is 5.02 Å². The maximum atomic E-state index is 12.1. The molecule has 0 fully saturated rings. The van der Waals surface area contributed by atoms with Crippen molar-refractivity contribution in [3.05, 3.63) is 64.7 Å². The number of rotatable bonds is 4. The molecule has 0 saturated heterocycles. The van der Waals surface area contributed by atoms with Crippen LogP contribution in [0, 0.1) is 6.92 Å². The number of hydrogen-bond donors (Lipinski definition) is 1. The largest absolute Gasteiger partial charge is 0.240 e. The Morgan fingerprint density at radius 3 is 2.42 bits per heavy atom. The summed E-state index contributed by atoms with van der Waals surface area (Å²) in [5, 5.41) is 0.447. The summed E-state index contributed by atoms with van der Waals surface area (Å²) in [6.07, 6.45) is 0. The fraction of sp³-hybridized carbons (Fsp3) is 0.143. The minimum atomic E-state index is -3.53. The van der Waals surface area contributed by atoms with Crippen molar-refractivity contribution in [3.63, 3.8) is 0 Å². The predicted octanol–water partition coefficient (Wildman–Crippen LogP) is 3.13. The predicted molar refractivity (Wildman–Crippen MR) is 76.7 cm³/mol. The molecule has 0 unspecified atom stereocenters. The highest BCUT2D eigenvalue weighted by Gasteiger charge is 2.14. The van der Waals surface area contributed by atoms with Gasteiger partial charge in [0.15, 0.2) is 0 Å². The third kappa shape index (κ3) is 3.56. The Morgan fingerprint density at radius 2 is 1.79 bits per heavy atom. The molecular weight excluding hydrogens is 282 g/mol. The third-order valence-corrected chi connectivity index (χ3v) is 4.57. The van der Waals surface area contributed by atoms with Gasteiger partial charge in [0, 0.05) is 11.6 Å². The molecule has 1 N–H and O–H groups in total. The zero-order valence-corrected chi connectivity index (χ0v) is 12.0. The summed E-state index contributed by atoms with van der Waals surface area (Å²) in [5.41, 5.74) is 1.76. The molecule has 5 heteroatoms. The Morgan fingerprint density at radius 1 is 1.11 bits per heavy atom. The Kier molecular flexibility index (Phi) is 4.24. The average molecular weight is 296 g/mol. The van der Waals surface area contributed by atoms with E-state index >= 15 is 0 Å². The third-order valence-electron chi connectivity index (χ3n) is 2.76. The van der Waals surface area contributed by atoms with Crippen LogP contribution in [0.25, 0.3) is 0 Å². The monoisotopic (exact) mass is 295 g/mol. The van der Waals surface area contributed by atoms with Crippen molar-refractivity contribution in [1.82, 2.24) is 4.72 Å². The van der Waals surface area contributed by atoms with Crippen LogP contribution in [-0.4, -0.2) is 8.42 Å². The Labute approximate surface area is 118 Å². The van der Waals surface area contributed by atoms with Crippen molar-refractivity contribution in [3.8, 4) is 0 Å². The molecule has 0 bridgehead atoms. The molecule has 100 valence electrons. The van der Waals surface area contributed by atoms with Crippen molar-refractivity contribution >= 4 is 21.6 Å². The van der Waals surface area contributed by atoms with Gasteiger partial charge in [-0.15, -0.1) is 0 Å². The van der Waals surface area contributed by atoms with Crippen molar-refractivity contribution in [2.45, 2.75) is 18.4 Å². The molecule has 0 radical (unpaired) electrons. The molecule has 0 aromatic heterocycles. The number of nitrogens with one attached hydrogen (secondary N) is 1. The summed E-state index contributed by atoms with van der Waals surface area (Å²) in [4.78, 5) is 0.180. The van der Waals surface area contributed by atoms with Crippen LogP contribution in [0.4, 0.5) is 0 Å². The van der Waals surface area contributed by atoms with Gasteiger partial charge in [-0.05, 0) is 30.2 Å². The zero-order chi connectivity index (χ0) is 13.9. The molecule has 2 rings (SSSR count). The van der Waals surface area contributed by atoms with Gasteiger partial charge in [-0.3, -0.25) is 0 Å². The molecule has 0 heterocycles. The van der Waals surface area contributed by atoms with E-state index < -0.39 is 10.0 Å². The van der Waals surface area contributed by atoms with E-state index in [4.69, 9.17) is 11.6 Å². The van der Waals surface area contributed by atoms with Crippen LogP contribution in [0.5, 0.6) is 0 Å². The molecule has 0 atom stereocenters. The van der Waals surface area contributed by atoms with Gasteiger partial charge in [-0.1, -0.05) is 48.0 Å². The van der Waals surface area contributed by atoms with Gasteiger partial charge in [-0.25, -0.2) is 13.1 Å². The lowest BCUT2D eigenvalue weighted by Gasteiger charge is -2.08. The molecule has 0 aliphatic carbocycles. The number of aryl methyl sites for hydroxylation is 1. The highest BCUT2D eigenvalue weighted by molar-refractivity contribution is 7.89. The number of hydrogen-bond acceptors (Lipinski definition) is 2. The maximum Gasteiger partial charge on any atom is 0.240 e. The van der Waals surface area contributed by atoms with E-state index in [9.17, 15) is 8.42 Å². The fourth-order valence-electron chi connectivity index (χ4n) is 1.60. The highest BCUT2D eigenvalue weighted by Crippen LogP contribution is 2.20. The minimum Gasteiger partial charge on any atom is -0.207 e. The van der Waals surface area contributed by atoms with Crippen LogP contribution in [0.1, 0.15) is 11.1 Å². The summed E-state index contributed by atoms with van der Waals surface area (Å²) in [6, 6.07) is 14.1. The average Bonchev–Trinajstić information content (AvgIpc) is 2.41. The van der Waals surface area contributed by atoms with Crippen LogP contribution < -0.4 is 4.72 Å². The lowest BCUT2D eigenvalue weighted by molar-refractivity contribution is 0.581. The smallest absolute Gasteiger partial charge is 0.207 e. The second-order valence-electron chi connectivity index (χ2n) is 4.22. The molecule has 19 heavy (non-hydrogen) atoms.